The van der Waals surface area contributed by atoms with Gasteiger partial charge >= 0.3 is 0 Å². The van der Waals surface area contributed by atoms with Crippen molar-refractivity contribution in [3.8, 4) is 5.75 Å². The van der Waals surface area contributed by atoms with Gasteiger partial charge in [0.1, 0.15) is 11.4 Å². The van der Waals surface area contributed by atoms with Crippen LogP contribution >= 0.6 is 0 Å². The van der Waals surface area contributed by atoms with E-state index >= 15 is 0 Å². The molecule has 0 unspecified atom stereocenters. The molecule has 0 saturated carbocycles. The molecule has 1 aromatic carbocycles. The highest BCUT2D eigenvalue weighted by Gasteiger charge is 2.40. The van der Waals surface area contributed by atoms with Crippen molar-refractivity contribution >= 4 is 0 Å². The Hall–Kier alpha value is -0.980. The maximum Gasteiger partial charge on any atom is 0.127 e. The van der Waals surface area contributed by atoms with Gasteiger partial charge in [0.2, 0.25) is 0 Å². The predicted octanol–water partition coefficient (Wildman–Crippen LogP) is 6.26. The van der Waals surface area contributed by atoms with Crippen molar-refractivity contribution in [2.24, 2.45) is 0 Å². The molecule has 1 aliphatic rings. The molecule has 0 atom stereocenters. The lowest BCUT2D eigenvalue weighted by Gasteiger charge is -2.33. The third kappa shape index (κ3) is 3.30. The maximum absolute atomic E-state index is 6.50. The van der Waals surface area contributed by atoms with Crippen LogP contribution in [0.15, 0.2) is 0 Å². The smallest absolute Gasteiger partial charge is 0.127 e. The van der Waals surface area contributed by atoms with Crippen LogP contribution in [0, 0.1) is 6.92 Å². The van der Waals surface area contributed by atoms with E-state index < -0.39 is 0 Å². The molecular formula is C22H36O. The van der Waals surface area contributed by atoms with Crippen LogP contribution in [-0.4, -0.2) is 5.60 Å². The lowest BCUT2D eigenvalue weighted by atomic mass is 9.71. The first-order valence-electron chi connectivity index (χ1n) is 9.18. The summed E-state index contributed by atoms with van der Waals surface area (Å²) in [7, 11) is 0. The summed E-state index contributed by atoms with van der Waals surface area (Å²) in [6, 6.07) is 0. The molecule has 0 amide bonds. The summed E-state index contributed by atoms with van der Waals surface area (Å²) in [5.74, 6) is 1.21. The summed E-state index contributed by atoms with van der Waals surface area (Å²) in [6.45, 7) is 23.1. The topological polar surface area (TPSA) is 9.23 Å². The average Bonchev–Trinajstić information content (AvgIpc) is 2.60. The highest BCUT2D eigenvalue weighted by Crippen LogP contribution is 2.49. The fourth-order valence-corrected chi connectivity index (χ4v) is 4.54. The molecule has 1 heterocycles. The monoisotopic (exact) mass is 316 g/mol. The molecule has 23 heavy (non-hydrogen) atoms. The van der Waals surface area contributed by atoms with Gasteiger partial charge in [0.25, 0.3) is 0 Å². The lowest BCUT2D eigenvalue weighted by molar-refractivity contribution is 0.137. The average molecular weight is 317 g/mol. The van der Waals surface area contributed by atoms with Gasteiger partial charge in [-0.1, -0.05) is 54.9 Å². The summed E-state index contributed by atoms with van der Waals surface area (Å²) in [4.78, 5) is 0. The Morgan fingerprint density at radius 2 is 1.48 bits per heavy atom. The molecule has 0 spiro atoms. The van der Waals surface area contributed by atoms with Crippen LogP contribution in [0.3, 0.4) is 0 Å². The summed E-state index contributed by atoms with van der Waals surface area (Å²) < 4.78 is 6.50. The Bertz CT molecular complexity index is 607. The molecule has 1 aromatic rings. The molecule has 130 valence electrons. The molecule has 0 aliphatic carbocycles. The number of hydrogen-bond acceptors (Lipinski definition) is 1. The van der Waals surface area contributed by atoms with Gasteiger partial charge in [0.05, 0.1) is 0 Å². The first-order chi connectivity index (χ1) is 10.3. The normalized spacial score (nSPS) is 17.1. The third-order valence-corrected chi connectivity index (χ3v) is 4.88. The van der Waals surface area contributed by atoms with Crippen LogP contribution in [0.5, 0.6) is 5.75 Å². The van der Waals surface area contributed by atoms with E-state index in [0.29, 0.717) is 0 Å². The van der Waals surface area contributed by atoms with E-state index in [4.69, 9.17) is 4.74 Å². The van der Waals surface area contributed by atoms with Crippen LogP contribution in [-0.2, 0) is 23.7 Å². The Morgan fingerprint density at radius 3 is 1.91 bits per heavy atom. The maximum atomic E-state index is 6.50. The van der Waals surface area contributed by atoms with Gasteiger partial charge < -0.3 is 4.74 Å². The molecule has 0 radical (unpaired) electrons. The second kappa shape index (κ2) is 5.53. The van der Waals surface area contributed by atoms with E-state index in [1.165, 1.54) is 33.6 Å². The van der Waals surface area contributed by atoms with Crippen molar-refractivity contribution < 1.29 is 4.74 Å². The first-order valence-corrected chi connectivity index (χ1v) is 9.18. The Kier molecular flexibility index (Phi) is 4.42. The predicted molar refractivity (Wildman–Crippen MR) is 101 cm³/mol. The van der Waals surface area contributed by atoms with Gasteiger partial charge in [-0.15, -0.1) is 0 Å². The number of hydrogen-bond donors (Lipinski definition) is 0. The van der Waals surface area contributed by atoms with Gasteiger partial charge in [-0.2, -0.15) is 0 Å². The van der Waals surface area contributed by atoms with Gasteiger partial charge in [0, 0.05) is 12.0 Å². The van der Waals surface area contributed by atoms with Crippen LogP contribution in [0.2, 0.25) is 0 Å². The van der Waals surface area contributed by atoms with Gasteiger partial charge in [0.15, 0.2) is 0 Å². The zero-order chi connectivity index (χ0) is 17.8. The van der Waals surface area contributed by atoms with Crippen LogP contribution < -0.4 is 4.74 Å². The minimum atomic E-state index is -0.0895. The third-order valence-electron chi connectivity index (χ3n) is 4.88. The van der Waals surface area contributed by atoms with Crippen LogP contribution in [0.25, 0.3) is 0 Å². The van der Waals surface area contributed by atoms with Crippen molar-refractivity contribution in [3.63, 3.8) is 0 Å². The quantitative estimate of drug-likeness (QED) is 0.626. The lowest BCUT2D eigenvalue weighted by Crippen LogP contribution is -2.25. The molecule has 0 saturated heterocycles. The van der Waals surface area contributed by atoms with Crippen molar-refractivity contribution in [2.45, 2.75) is 105 Å². The fraction of sp³-hybridized carbons (Fsp3) is 0.727. The second-order valence-electron chi connectivity index (χ2n) is 9.95. The molecule has 1 aliphatic heterocycles. The van der Waals surface area contributed by atoms with E-state index in [1.54, 1.807) is 0 Å². The number of ether oxygens (including phenoxy) is 1. The molecule has 1 heteroatoms. The number of fused-ring (bicyclic) bond motifs is 1. The van der Waals surface area contributed by atoms with Crippen molar-refractivity contribution in [2.75, 3.05) is 0 Å². The van der Waals surface area contributed by atoms with Gasteiger partial charge in [-0.3, -0.25) is 0 Å². The molecule has 0 N–H and O–H groups in total. The molecule has 1 nitrogen and oxygen atoms in total. The summed E-state index contributed by atoms with van der Waals surface area (Å²) in [6.07, 6.45) is 3.29. The van der Waals surface area contributed by atoms with E-state index in [0.717, 1.165) is 19.3 Å². The fourth-order valence-electron chi connectivity index (χ4n) is 4.54. The largest absolute Gasteiger partial charge is 0.487 e. The molecule has 0 aromatic heterocycles. The summed E-state index contributed by atoms with van der Waals surface area (Å²) >= 11 is 0. The molecule has 0 fully saturated rings. The summed E-state index contributed by atoms with van der Waals surface area (Å²) in [5, 5.41) is 0. The standard InChI is InChI=1S/C22H36O/c1-11-12-15-17(20(3,4)5)14(2)18(21(6,7)8)16-13-22(9,10)23-19(15)16/h11-13H2,1-10H3. The van der Waals surface area contributed by atoms with Gasteiger partial charge in [-0.05, 0) is 60.3 Å². The highest BCUT2D eigenvalue weighted by atomic mass is 16.5. The zero-order valence-corrected chi connectivity index (χ0v) is 17.0. The van der Waals surface area contributed by atoms with Crippen LogP contribution in [0.1, 0.15) is 96.6 Å². The molecule has 0 bridgehead atoms. The van der Waals surface area contributed by atoms with E-state index in [2.05, 4.69) is 69.2 Å². The number of benzene rings is 1. The van der Waals surface area contributed by atoms with Crippen molar-refractivity contribution in [3.05, 3.63) is 27.8 Å². The number of rotatable bonds is 2. The van der Waals surface area contributed by atoms with Gasteiger partial charge in [-0.25, -0.2) is 0 Å². The minimum absolute atomic E-state index is 0.0895. The van der Waals surface area contributed by atoms with E-state index in [9.17, 15) is 0 Å². The molecular weight excluding hydrogens is 280 g/mol. The SMILES string of the molecule is CCCc1c2c(c(C(C)(C)C)c(C)c1C(C)(C)C)CC(C)(C)O2. The summed E-state index contributed by atoms with van der Waals surface area (Å²) in [5.41, 5.74) is 7.65. The van der Waals surface area contributed by atoms with Crippen molar-refractivity contribution in [1.29, 1.82) is 0 Å². The minimum Gasteiger partial charge on any atom is -0.487 e. The Balaban J connectivity index is 2.91. The van der Waals surface area contributed by atoms with Crippen LogP contribution in [0.4, 0.5) is 0 Å². The zero-order valence-electron chi connectivity index (χ0n) is 17.0. The highest BCUT2D eigenvalue weighted by molar-refractivity contribution is 5.61. The molecule has 2 rings (SSSR count). The first kappa shape index (κ1) is 18.4. The van der Waals surface area contributed by atoms with E-state index in [-0.39, 0.29) is 16.4 Å². The Morgan fingerprint density at radius 1 is 0.957 bits per heavy atom. The van der Waals surface area contributed by atoms with E-state index in [1.807, 2.05) is 0 Å². The van der Waals surface area contributed by atoms with Crippen molar-refractivity contribution in [1.82, 2.24) is 0 Å². The second-order valence-corrected chi connectivity index (χ2v) is 9.95. The Labute approximate surface area is 143 Å².